The first-order valence-electron chi connectivity index (χ1n) is 4.84. The van der Waals surface area contributed by atoms with E-state index in [1.165, 1.54) is 6.42 Å². The molecular weight excluding hydrogens is 164 g/mol. The van der Waals surface area contributed by atoms with Crippen molar-refractivity contribution >= 4 is 6.03 Å². The second kappa shape index (κ2) is 5.10. The number of carbonyl (C=O) groups excluding carboxylic acids is 1. The number of primary amides is 1. The normalized spacial score (nSPS) is 13.8. The summed E-state index contributed by atoms with van der Waals surface area (Å²) in [6, 6.07) is -0.428. The molecule has 0 saturated carbocycles. The van der Waals surface area contributed by atoms with E-state index in [2.05, 4.69) is 33.0 Å². The summed E-state index contributed by atoms with van der Waals surface area (Å²) in [5.41, 5.74) is 5.32. The van der Waals surface area contributed by atoms with Crippen molar-refractivity contribution in [2.24, 2.45) is 17.1 Å². The van der Waals surface area contributed by atoms with Gasteiger partial charge in [0.05, 0.1) is 0 Å². The Hall–Kier alpha value is -0.730. The van der Waals surface area contributed by atoms with Gasteiger partial charge in [-0.25, -0.2) is 4.79 Å². The number of amides is 2. The molecule has 0 fully saturated rings. The van der Waals surface area contributed by atoms with Gasteiger partial charge in [-0.1, -0.05) is 27.7 Å². The smallest absolute Gasteiger partial charge is 0.312 e. The van der Waals surface area contributed by atoms with Gasteiger partial charge in [0.2, 0.25) is 0 Å². The molecule has 0 saturated heterocycles. The van der Waals surface area contributed by atoms with Gasteiger partial charge in [0.1, 0.15) is 0 Å². The van der Waals surface area contributed by atoms with E-state index in [1.54, 1.807) is 0 Å². The molecule has 0 bridgehead atoms. The molecule has 3 heteroatoms. The fraction of sp³-hybridized carbons (Fsp3) is 0.900. The Morgan fingerprint density at radius 3 is 2.38 bits per heavy atom. The lowest BCUT2D eigenvalue weighted by Gasteiger charge is -2.23. The Morgan fingerprint density at radius 2 is 2.00 bits per heavy atom. The van der Waals surface area contributed by atoms with Gasteiger partial charge in [-0.3, -0.25) is 0 Å². The van der Waals surface area contributed by atoms with E-state index in [1.807, 2.05) is 0 Å². The Balaban J connectivity index is 3.52. The lowest BCUT2D eigenvalue weighted by Crippen LogP contribution is -2.31. The minimum absolute atomic E-state index is 0.367. The fourth-order valence-corrected chi connectivity index (χ4v) is 1.59. The maximum absolute atomic E-state index is 10.4. The largest absolute Gasteiger partial charge is 0.352 e. The molecule has 78 valence electrons. The third-order valence-corrected chi connectivity index (χ3v) is 1.90. The molecular formula is C10H22N2O. The number of rotatable bonds is 4. The van der Waals surface area contributed by atoms with Gasteiger partial charge in [-0.05, 0) is 24.2 Å². The average Bonchev–Trinajstić information content (AvgIpc) is 1.81. The van der Waals surface area contributed by atoms with E-state index in [0.29, 0.717) is 17.9 Å². The monoisotopic (exact) mass is 186 g/mol. The Bertz CT molecular complexity index is 161. The van der Waals surface area contributed by atoms with Crippen LogP contribution in [0.25, 0.3) is 0 Å². The summed E-state index contributed by atoms with van der Waals surface area (Å²) in [5.74, 6) is 0.631. The molecule has 0 radical (unpaired) electrons. The molecule has 0 rings (SSSR count). The van der Waals surface area contributed by atoms with E-state index in [-0.39, 0.29) is 0 Å². The number of nitrogens with one attached hydrogen (secondary N) is 1. The summed E-state index contributed by atoms with van der Waals surface area (Å²) in [6.45, 7) is 9.57. The number of carbonyl (C=O) groups is 1. The van der Waals surface area contributed by atoms with Gasteiger partial charge in [0.15, 0.2) is 0 Å². The van der Waals surface area contributed by atoms with Crippen molar-refractivity contribution in [2.75, 3.05) is 6.54 Å². The molecule has 1 unspecified atom stereocenters. The minimum Gasteiger partial charge on any atom is -0.352 e. The molecule has 0 aliphatic rings. The molecule has 2 amide bonds. The first-order valence-corrected chi connectivity index (χ1v) is 4.84. The van der Waals surface area contributed by atoms with Crippen molar-refractivity contribution in [1.82, 2.24) is 5.32 Å². The molecule has 0 aliphatic heterocycles. The SMILES string of the molecule is CC(CCNC(N)=O)CC(C)(C)C. The highest BCUT2D eigenvalue weighted by Crippen LogP contribution is 2.25. The van der Waals surface area contributed by atoms with Crippen LogP contribution in [-0.4, -0.2) is 12.6 Å². The standard InChI is InChI=1S/C10H22N2O/c1-8(7-10(2,3)4)5-6-12-9(11)13/h8H,5-7H2,1-4H3,(H3,11,12,13). The minimum atomic E-state index is -0.428. The summed E-state index contributed by atoms with van der Waals surface area (Å²) in [5, 5.41) is 2.60. The zero-order valence-electron chi connectivity index (χ0n) is 9.18. The van der Waals surface area contributed by atoms with Gasteiger partial charge in [-0.2, -0.15) is 0 Å². The summed E-state index contributed by atoms with van der Waals surface area (Å²) in [6.07, 6.45) is 2.17. The summed E-state index contributed by atoms with van der Waals surface area (Å²) < 4.78 is 0. The molecule has 3 nitrogen and oxygen atoms in total. The van der Waals surface area contributed by atoms with Crippen LogP contribution in [0.5, 0.6) is 0 Å². The second-order valence-electron chi connectivity index (χ2n) is 4.95. The van der Waals surface area contributed by atoms with Crippen LogP contribution < -0.4 is 11.1 Å². The van der Waals surface area contributed by atoms with Crippen LogP contribution >= 0.6 is 0 Å². The molecule has 0 spiro atoms. The van der Waals surface area contributed by atoms with Gasteiger partial charge in [0.25, 0.3) is 0 Å². The van der Waals surface area contributed by atoms with Crippen LogP contribution in [0.4, 0.5) is 4.79 Å². The molecule has 0 aromatic heterocycles. The highest BCUT2D eigenvalue weighted by atomic mass is 16.2. The summed E-state index contributed by atoms with van der Waals surface area (Å²) in [7, 11) is 0. The fourth-order valence-electron chi connectivity index (χ4n) is 1.59. The van der Waals surface area contributed by atoms with Gasteiger partial charge >= 0.3 is 6.03 Å². The molecule has 0 heterocycles. The zero-order valence-corrected chi connectivity index (χ0v) is 9.18. The summed E-state index contributed by atoms with van der Waals surface area (Å²) in [4.78, 5) is 10.4. The third-order valence-electron chi connectivity index (χ3n) is 1.90. The number of urea groups is 1. The highest BCUT2D eigenvalue weighted by molar-refractivity contribution is 5.71. The molecule has 3 N–H and O–H groups in total. The Kier molecular flexibility index (Phi) is 4.81. The van der Waals surface area contributed by atoms with Crippen LogP contribution in [0.15, 0.2) is 0 Å². The van der Waals surface area contributed by atoms with Crippen LogP contribution in [0.1, 0.15) is 40.5 Å². The van der Waals surface area contributed by atoms with Crippen molar-refractivity contribution in [2.45, 2.75) is 40.5 Å². The van der Waals surface area contributed by atoms with Gasteiger partial charge < -0.3 is 11.1 Å². The number of hydrogen-bond acceptors (Lipinski definition) is 1. The molecule has 0 aromatic carbocycles. The van der Waals surface area contributed by atoms with E-state index >= 15 is 0 Å². The third kappa shape index (κ3) is 9.18. The molecule has 0 aliphatic carbocycles. The van der Waals surface area contributed by atoms with Crippen LogP contribution in [0.2, 0.25) is 0 Å². The topological polar surface area (TPSA) is 55.1 Å². The van der Waals surface area contributed by atoms with Crippen molar-refractivity contribution in [3.63, 3.8) is 0 Å². The van der Waals surface area contributed by atoms with Crippen molar-refractivity contribution in [3.05, 3.63) is 0 Å². The maximum Gasteiger partial charge on any atom is 0.312 e. The Labute approximate surface area is 81.1 Å². The van der Waals surface area contributed by atoms with Crippen LogP contribution in [0, 0.1) is 11.3 Å². The predicted molar refractivity (Wildman–Crippen MR) is 55.4 cm³/mol. The highest BCUT2D eigenvalue weighted by Gasteiger charge is 2.14. The van der Waals surface area contributed by atoms with E-state index in [4.69, 9.17) is 5.73 Å². The van der Waals surface area contributed by atoms with Gasteiger partial charge in [0, 0.05) is 6.54 Å². The molecule has 1 atom stereocenters. The van der Waals surface area contributed by atoms with E-state index < -0.39 is 6.03 Å². The van der Waals surface area contributed by atoms with Crippen LogP contribution in [0.3, 0.4) is 0 Å². The predicted octanol–water partition coefficient (Wildman–Crippen LogP) is 2.12. The lowest BCUT2D eigenvalue weighted by molar-refractivity contribution is 0.246. The first kappa shape index (κ1) is 12.3. The number of hydrogen-bond donors (Lipinski definition) is 2. The first-order chi connectivity index (χ1) is 5.81. The quantitative estimate of drug-likeness (QED) is 0.694. The average molecular weight is 186 g/mol. The maximum atomic E-state index is 10.4. The lowest BCUT2D eigenvalue weighted by atomic mass is 9.84. The summed E-state index contributed by atoms with van der Waals surface area (Å²) >= 11 is 0. The van der Waals surface area contributed by atoms with Gasteiger partial charge in [-0.15, -0.1) is 0 Å². The van der Waals surface area contributed by atoms with Crippen molar-refractivity contribution < 1.29 is 4.79 Å². The number of nitrogens with two attached hydrogens (primary N) is 1. The molecule has 0 aromatic rings. The van der Waals surface area contributed by atoms with Crippen molar-refractivity contribution in [3.8, 4) is 0 Å². The van der Waals surface area contributed by atoms with Crippen molar-refractivity contribution in [1.29, 1.82) is 0 Å². The van der Waals surface area contributed by atoms with E-state index in [9.17, 15) is 4.79 Å². The van der Waals surface area contributed by atoms with Crippen LogP contribution in [-0.2, 0) is 0 Å². The Morgan fingerprint density at radius 1 is 1.46 bits per heavy atom. The zero-order chi connectivity index (χ0) is 10.5. The molecule has 13 heavy (non-hydrogen) atoms. The van der Waals surface area contributed by atoms with E-state index in [0.717, 1.165) is 6.42 Å². The second-order valence-corrected chi connectivity index (χ2v) is 4.95.